The molecule has 0 radical (unpaired) electrons. The van der Waals surface area contributed by atoms with Gasteiger partial charge in [-0.2, -0.15) is 0 Å². The molecule has 0 saturated carbocycles. The normalized spacial score (nSPS) is 9.77. The zero-order chi connectivity index (χ0) is 9.84. The van der Waals surface area contributed by atoms with Gasteiger partial charge in [0.1, 0.15) is 5.75 Å². The molecule has 13 heavy (non-hydrogen) atoms. The first-order valence-corrected chi connectivity index (χ1v) is 4.46. The molecule has 70 valence electrons. The summed E-state index contributed by atoms with van der Waals surface area (Å²) < 4.78 is 5.28. The molecule has 0 aliphatic rings. The minimum absolute atomic E-state index is 0.309. The van der Waals surface area contributed by atoms with Crippen molar-refractivity contribution in [3.8, 4) is 5.75 Å². The molecule has 1 aromatic carbocycles. The fourth-order valence-electron chi connectivity index (χ4n) is 0.992. The lowest BCUT2D eigenvalue weighted by Gasteiger charge is -2.06. The summed E-state index contributed by atoms with van der Waals surface area (Å²) in [6.07, 6.45) is 0.632. The van der Waals surface area contributed by atoms with Crippen molar-refractivity contribution in [1.29, 1.82) is 5.41 Å². The Balaban J connectivity index is 2.79. The number of benzene rings is 1. The fraction of sp³-hybridized carbons (Fsp3) is 0.364. The highest BCUT2D eigenvalue weighted by atomic mass is 16.5. The zero-order valence-corrected chi connectivity index (χ0v) is 8.35. The van der Waals surface area contributed by atoms with Gasteiger partial charge in [0.25, 0.3) is 0 Å². The number of rotatable bonds is 2. The number of aryl methyl sites for hydroxylation is 2. The van der Waals surface area contributed by atoms with E-state index in [2.05, 4.69) is 6.92 Å². The molecule has 0 atom stereocenters. The van der Waals surface area contributed by atoms with Gasteiger partial charge in [-0.05, 0) is 37.1 Å². The van der Waals surface area contributed by atoms with Gasteiger partial charge in [-0.25, -0.2) is 0 Å². The molecule has 0 amide bonds. The maximum absolute atomic E-state index is 7.38. The Hall–Kier alpha value is -1.31. The van der Waals surface area contributed by atoms with Gasteiger partial charge in [-0.3, -0.25) is 5.41 Å². The zero-order valence-electron chi connectivity index (χ0n) is 8.35. The Bertz CT molecular complexity index is 318. The SMILES string of the molecule is CCC(=N)Oc1ccc(C)c(C)c1. The van der Waals surface area contributed by atoms with Crippen LogP contribution in [0.3, 0.4) is 0 Å². The monoisotopic (exact) mass is 177 g/mol. The molecule has 1 N–H and O–H groups in total. The van der Waals surface area contributed by atoms with Gasteiger partial charge in [0, 0.05) is 6.42 Å². The third kappa shape index (κ3) is 2.58. The number of hydrogen-bond donors (Lipinski definition) is 1. The predicted molar refractivity (Wildman–Crippen MR) is 54.6 cm³/mol. The average Bonchev–Trinajstić information content (AvgIpc) is 2.11. The van der Waals surface area contributed by atoms with E-state index in [4.69, 9.17) is 10.1 Å². The van der Waals surface area contributed by atoms with E-state index in [1.54, 1.807) is 0 Å². The average molecular weight is 177 g/mol. The van der Waals surface area contributed by atoms with Gasteiger partial charge in [0.2, 0.25) is 0 Å². The summed E-state index contributed by atoms with van der Waals surface area (Å²) in [5.74, 6) is 1.07. The summed E-state index contributed by atoms with van der Waals surface area (Å²) in [4.78, 5) is 0. The Kier molecular flexibility index (Phi) is 3.07. The van der Waals surface area contributed by atoms with E-state index in [-0.39, 0.29) is 0 Å². The van der Waals surface area contributed by atoms with Crippen molar-refractivity contribution >= 4 is 5.90 Å². The molecule has 2 nitrogen and oxygen atoms in total. The maximum atomic E-state index is 7.38. The summed E-state index contributed by atoms with van der Waals surface area (Å²) >= 11 is 0. The molecule has 2 heteroatoms. The van der Waals surface area contributed by atoms with Gasteiger partial charge in [0.15, 0.2) is 5.90 Å². The van der Waals surface area contributed by atoms with Gasteiger partial charge in [-0.15, -0.1) is 0 Å². The number of ether oxygens (including phenoxy) is 1. The van der Waals surface area contributed by atoms with Crippen LogP contribution in [0, 0.1) is 19.3 Å². The van der Waals surface area contributed by atoms with Crippen molar-refractivity contribution in [3.63, 3.8) is 0 Å². The lowest BCUT2D eigenvalue weighted by molar-refractivity contribution is 0.530. The number of nitrogens with one attached hydrogen (secondary N) is 1. The van der Waals surface area contributed by atoms with E-state index in [0.717, 1.165) is 5.75 Å². The first-order valence-electron chi connectivity index (χ1n) is 4.46. The van der Waals surface area contributed by atoms with Crippen molar-refractivity contribution in [2.24, 2.45) is 0 Å². The van der Waals surface area contributed by atoms with Crippen LogP contribution in [0.2, 0.25) is 0 Å². The van der Waals surface area contributed by atoms with Gasteiger partial charge in [0.05, 0.1) is 0 Å². The standard InChI is InChI=1S/C11H15NO/c1-4-11(12)13-10-6-5-8(2)9(3)7-10/h5-7,12H,4H2,1-3H3. The van der Waals surface area contributed by atoms with Gasteiger partial charge >= 0.3 is 0 Å². The highest BCUT2D eigenvalue weighted by Gasteiger charge is 1.99. The highest BCUT2D eigenvalue weighted by Crippen LogP contribution is 2.16. The Morgan fingerprint density at radius 2 is 2.00 bits per heavy atom. The second-order valence-electron chi connectivity index (χ2n) is 3.12. The first kappa shape index (κ1) is 9.78. The molecule has 0 unspecified atom stereocenters. The van der Waals surface area contributed by atoms with Gasteiger partial charge in [-0.1, -0.05) is 13.0 Å². The van der Waals surface area contributed by atoms with Crippen molar-refractivity contribution in [1.82, 2.24) is 0 Å². The van der Waals surface area contributed by atoms with Crippen LogP contribution in [-0.4, -0.2) is 5.90 Å². The van der Waals surface area contributed by atoms with Crippen LogP contribution in [-0.2, 0) is 0 Å². The molecule has 1 aromatic rings. The molecular weight excluding hydrogens is 162 g/mol. The Labute approximate surface area is 79.1 Å². The summed E-state index contributed by atoms with van der Waals surface area (Å²) in [6, 6.07) is 5.86. The van der Waals surface area contributed by atoms with Crippen LogP contribution in [0.5, 0.6) is 5.75 Å². The molecule has 0 spiro atoms. The molecule has 0 saturated heterocycles. The predicted octanol–water partition coefficient (Wildman–Crippen LogP) is 3.07. The van der Waals surface area contributed by atoms with Crippen LogP contribution in [0.25, 0.3) is 0 Å². The van der Waals surface area contributed by atoms with Crippen LogP contribution in [0.15, 0.2) is 18.2 Å². The van der Waals surface area contributed by atoms with Crippen LogP contribution in [0.1, 0.15) is 24.5 Å². The molecule has 1 rings (SSSR count). The third-order valence-corrected chi connectivity index (χ3v) is 2.04. The van der Waals surface area contributed by atoms with E-state index >= 15 is 0 Å². The van der Waals surface area contributed by atoms with Crippen molar-refractivity contribution in [3.05, 3.63) is 29.3 Å². The lowest BCUT2D eigenvalue weighted by atomic mass is 10.1. The molecule has 0 fully saturated rings. The second kappa shape index (κ2) is 4.08. The quantitative estimate of drug-likeness (QED) is 0.546. The van der Waals surface area contributed by atoms with Gasteiger partial charge < -0.3 is 4.74 Å². The van der Waals surface area contributed by atoms with Crippen molar-refractivity contribution in [2.75, 3.05) is 0 Å². The summed E-state index contributed by atoms with van der Waals surface area (Å²) in [5, 5.41) is 7.38. The van der Waals surface area contributed by atoms with E-state index in [1.807, 2.05) is 32.0 Å². The largest absolute Gasteiger partial charge is 0.444 e. The molecule has 0 aromatic heterocycles. The molecule has 0 heterocycles. The lowest BCUT2D eigenvalue weighted by Crippen LogP contribution is -2.04. The highest BCUT2D eigenvalue weighted by molar-refractivity contribution is 5.74. The minimum Gasteiger partial charge on any atom is -0.444 e. The summed E-state index contributed by atoms with van der Waals surface area (Å²) in [5.41, 5.74) is 2.44. The smallest absolute Gasteiger partial charge is 0.187 e. The van der Waals surface area contributed by atoms with Crippen LogP contribution >= 0.6 is 0 Å². The topological polar surface area (TPSA) is 33.1 Å². The fourth-order valence-corrected chi connectivity index (χ4v) is 0.992. The second-order valence-corrected chi connectivity index (χ2v) is 3.12. The van der Waals surface area contributed by atoms with Crippen molar-refractivity contribution < 1.29 is 4.74 Å². The number of hydrogen-bond acceptors (Lipinski definition) is 2. The van der Waals surface area contributed by atoms with Crippen LogP contribution in [0.4, 0.5) is 0 Å². The maximum Gasteiger partial charge on any atom is 0.187 e. The van der Waals surface area contributed by atoms with E-state index < -0.39 is 0 Å². The minimum atomic E-state index is 0.309. The third-order valence-electron chi connectivity index (χ3n) is 2.04. The van der Waals surface area contributed by atoms with E-state index in [1.165, 1.54) is 11.1 Å². The van der Waals surface area contributed by atoms with Crippen LogP contribution < -0.4 is 4.74 Å². The Morgan fingerprint density at radius 3 is 2.54 bits per heavy atom. The Morgan fingerprint density at radius 1 is 1.31 bits per heavy atom. The summed E-state index contributed by atoms with van der Waals surface area (Å²) in [7, 11) is 0. The van der Waals surface area contributed by atoms with E-state index in [0.29, 0.717) is 12.3 Å². The molecule has 0 aliphatic heterocycles. The molecule has 0 aliphatic carbocycles. The molecule has 0 bridgehead atoms. The summed E-state index contributed by atoms with van der Waals surface area (Å²) in [6.45, 7) is 6.01. The van der Waals surface area contributed by atoms with Crippen molar-refractivity contribution in [2.45, 2.75) is 27.2 Å². The van der Waals surface area contributed by atoms with E-state index in [9.17, 15) is 0 Å². The molecular formula is C11H15NO. The first-order chi connectivity index (χ1) is 6.13.